The van der Waals surface area contributed by atoms with Crippen LogP contribution in [-0.4, -0.2) is 37.1 Å². The first-order chi connectivity index (χ1) is 13.6. The number of halogens is 2. The predicted octanol–water partition coefficient (Wildman–Crippen LogP) is 4.90. The number of hydrogen-bond acceptors (Lipinski definition) is 4. The Bertz CT molecular complexity index is 853. The number of nitrogens with one attached hydrogen (secondary N) is 2. The van der Waals surface area contributed by atoms with E-state index in [9.17, 15) is 19.2 Å². The Morgan fingerprint density at radius 2 is 1.00 bits per heavy atom. The van der Waals surface area contributed by atoms with Gasteiger partial charge >= 0.3 is 186 Å². The molecule has 2 aromatic rings. The first-order valence-corrected chi connectivity index (χ1v) is 22.3. The number of amides is 2. The van der Waals surface area contributed by atoms with E-state index >= 15 is 0 Å². The first kappa shape index (κ1) is 23.7. The molecule has 6 nitrogen and oxygen atoms in total. The number of benzene rings is 2. The number of rotatable bonds is 8. The van der Waals surface area contributed by atoms with E-state index in [2.05, 4.69) is 36.1 Å². The fraction of sp³-hybridized carbons (Fsp3) is 0.200. The maximum atomic E-state index is 12.6. The van der Waals surface area contributed by atoms with Crippen molar-refractivity contribution in [3.05, 3.63) is 59.7 Å². The van der Waals surface area contributed by atoms with Gasteiger partial charge in [0.05, 0.1) is 0 Å². The van der Waals surface area contributed by atoms with Crippen molar-refractivity contribution in [3.8, 4) is 0 Å². The average molecular weight is 640 g/mol. The summed E-state index contributed by atoms with van der Waals surface area (Å²) in [6, 6.07) is 13.3. The number of carbonyl (C=O) groups is 4. The second-order valence-corrected chi connectivity index (χ2v) is 34.4. The molecular weight excluding hydrogens is 620 g/mol. The van der Waals surface area contributed by atoms with Gasteiger partial charge in [0.15, 0.2) is 0 Å². The third-order valence-electron chi connectivity index (χ3n) is 3.74. The molecule has 2 N–H and O–H groups in total. The van der Waals surface area contributed by atoms with Gasteiger partial charge in [-0.25, -0.2) is 0 Å². The van der Waals surface area contributed by atoms with E-state index < -0.39 is 13.8 Å². The molecule has 0 fully saturated rings. The van der Waals surface area contributed by atoms with Crippen LogP contribution in [0.3, 0.4) is 0 Å². The Balaban J connectivity index is 1.99. The summed E-state index contributed by atoms with van der Waals surface area (Å²) in [5, 5.41) is 5.31. The summed E-state index contributed by atoms with van der Waals surface area (Å²) in [5.74, 6) is -0.489. The van der Waals surface area contributed by atoms with Crippen molar-refractivity contribution in [2.45, 2.75) is 22.8 Å². The third kappa shape index (κ3) is 8.01. The Hall–Kier alpha value is -1.53. The summed E-state index contributed by atoms with van der Waals surface area (Å²) in [6.07, 6.45) is 0. The summed E-state index contributed by atoms with van der Waals surface area (Å²) in [7, 11) is 0. The van der Waals surface area contributed by atoms with Gasteiger partial charge in [0.25, 0.3) is 0 Å². The Morgan fingerprint density at radius 3 is 1.28 bits per heavy atom. The summed E-state index contributed by atoms with van der Waals surface area (Å²) < 4.78 is 0.495. The van der Waals surface area contributed by atoms with Gasteiger partial charge in [0.2, 0.25) is 0 Å². The molecule has 0 unspecified atom stereocenters. The average Bonchev–Trinajstić information content (AvgIpc) is 2.61. The predicted molar refractivity (Wildman–Crippen MR) is 123 cm³/mol. The number of anilines is 2. The second-order valence-electron chi connectivity index (χ2n) is 6.35. The molecular formula is C20H20Br2N2O4Te. The molecule has 0 aliphatic heterocycles. The van der Waals surface area contributed by atoms with Crippen LogP contribution in [0.25, 0.3) is 0 Å². The van der Waals surface area contributed by atoms with E-state index in [4.69, 9.17) is 0 Å². The molecule has 2 rings (SSSR count). The molecule has 0 atom stereocenters. The molecule has 0 aliphatic rings. The van der Waals surface area contributed by atoms with Crippen LogP contribution in [0.4, 0.5) is 11.4 Å². The topological polar surface area (TPSA) is 92.3 Å². The Labute approximate surface area is 185 Å². The molecule has 0 aromatic heterocycles. The zero-order chi connectivity index (χ0) is 21.6. The number of ketones is 2. The van der Waals surface area contributed by atoms with Crippen molar-refractivity contribution < 1.29 is 19.2 Å². The van der Waals surface area contributed by atoms with Crippen LogP contribution in [0.5, 0.6) is 0 Å². The van der Waals surface area contributed by atoms with Gasteiger partial charge in [0.1, 0.15) is 0 Å². The van der Waals surface area contributed by atoms with Crippen LogP contribution < -0.4 is 10.6 Å². The van der Waals surface area contributed by atoms with E-state index in [0.29, 0.717) is 22.5 Å². The van der Waals surface area contributed by atoms with Crippen molar-refractivity contribution in [1.29, 1.82) is 0 Å². The van der Waals surface area contributed by atoms with Gasteiger partial charge in [0, 0.05) is 0 Å². The Morgan fingerprint density at radius 1 is 0.690 bits per heavy atom. The van der Waals surface area contributed by atoms with E-state index in [1.54, 1.807) is 48.5 Å². The maximum absolute atomic E-state index is 12.6. The summed E-state index contributed by atoms with van der Waals surface area (Å²) in [6.45, 7) is 2.84. The second kappa shape index (κ2) is 10.5. The quantitative estimate of drug-likeness (QED) is 0.318. The molecule has 9 heteroatoms. The van der Waals surface area contributed by atoms with Crippen LogP contribution in [0, 0.1) is 0 Å². The van der Waals surface area contributed by atoms with Crippen molar-refractivity contribution in [1.82, 2.24) is 0 Å². The Kier molecular flexibility index (Phi) is 8.58. The zero-order valence-corrected chi connectivity index (χ0v) is 21.3. The molecule has 0 saturated carbocycles. The van der Waals surface area contributed by atoms with Crippen LogP contribution in [-0.2, 0) is 9.59 Å². The van der Waals surface area contributed by atoms with Gasteiger partial charge in [-0.05, 0) is 0 Å². The number of Topliss-reactive ketones (excluding diaryl/α,β-unsaturated/α-hetero) is 2. The normalized spacial score (nSPS) is 11.4. The monoisotopic (exact) mass is 640 g/mol. The van der Waals surface area contributed by atoms with Gasteiger partial charge in [-0.1, -0.05) is 0 Å². The van der Waals surface area contributed by atoms with Gasteiger partial charge in [-0.2, -0.15) is 0 Å². The molecule has 2 aromatic carbocycles. The van der Waals surface area contributed by atoms with Crippen molar-refractivity contribution >= 4 is 74.0 Å². The third-order valence-corrected chi connectivity index (χ3v) is 13.8. The summed E-state index contributed by atoms with van der Waals surface area (Å²) >= 11 is 4.17. The minimum absolute atomic E-state index is 0.0665. The van der Waals surface area contributed by atoms with Crippen molar-refractivity contribution in [2.24, 2.45) is 0 Å². The van der Waals surface area contributed by atoms with E-state index in [1.165, 1.54) is 13.8 Å². The van der Waals surface area contributed by atoms with E-state index in [-0.39, 0.29) is 32.3 Å². The first-order valence-electron chi connectivity index (χ1n) is 8.55. The van der Waals surface area contributed by atoms with Gasteiger partial charge in [-0.15, -0.1) is 0 Å². The SMILES string of the molecule is CC(=O)Nc1ccc(C(=O)C[Te](Br)(Br)CC(=O)c2ccc(NC(C)=O)cc2)cc1. The molecule has 29 heavy (non-hydrogen) atoms. The van der Waals surface area contributed by atoms with E-state index in [0.717, 1.165) is 0 Å². The molecule has 2 amide bonds. The summed E-state index contributed by atoms with van der Waals surface area (Å²) in [5.41, 5.74) is 2.30. The minimum atomic E-state index is -3.08. The van der Waals surface area contributed by atoms with Crippen LogP contribution in [0.1, 0.15) is 34.6 Å². The molecule has 0 spiro atoms. The van der Waals surface area contributed by atoms with Crippen LogP contribution in [0.2, 0.25) is 8.94 Å². The van der Waals surface area contributed by atoms with Crippen molar-refractivity contribution in [2.75, 3.05) is 10.6 Å². The molecule has 0 saturated heterocycles. The summed E-state index contributed by atoms with van der Waals surface area (Å²) in [4.78, 5) is 47.4. The van der Waals surface area contributed by atoms with Crippen molar-refractivity contribution in [3.63, 3.8) is 0 Å². The van der Waals surface area contributed by atoms with Gasteiger partial charge < -0.3 is 0 Å². The molecule has 0 bridgehead atoms. The fourth-order valence-electron chi connectivity index (χ4n) is 2.49. The number of hydrogen-bond donors (Lipinski definition) is 2. The number of carbonyl (C=O) groups excluding carboxylic acids is 4. The molecule has 0 heterocycles. The van der Waals surface area contributed by atoms with Gasteiger partial charge in [-0.3, -0.25) is 0 Å². The molecule has 0 radical (unpaired) electrons. The standard InChI is InChI=1S/C20H20Br2N2O4Te/c1-13(25)23-17-7-3-15(4-8-17)19(27)11-29(21,22)12-20(28)16-5-9-18(10-6-16)24-14(2)26/h3-10H,11-12H2,1-2H3,(H,23,25)(H,24,26). The molecule has 154 valence electrons. The zero-order valence-electron chi connectivity index (χ0n) is 15.8. The van der Waals surface area contributed by atoms with Crippen LogP contribution >= 0.6 is 25.5 Å². The van der Waals surface area contributed by atoms with E-state index in [1.807, 2.05) is 0 Å². The molecule has 0 aliphatic carbocycles. The van der Waals surface area contributed by atoms with Crippen LogP contribution in [0.15, 0.2) is 48.5 Å². The fourth-order valence-corrected chi connectivity index (χ4v) is 11.5.